The zero-order chi connectivity index (χ0) is 69.2. The van der Waals surface area contributed by atoms with E-state index in [2.05, 4.69) is 27.8 Å². The molecule has 11 bridgehead atoms. The molecule has 0 spiro atoms. The predicted molar refractivity (Wildman–Crippen MR) is 334 cm³/mol. The van der Waals surface area contributed by atoms with E-state index in [0.29, 0.717) is 0 Å². The van der Waals surface area contributed by atoms with Gasteiger partial charge in [-0.25, -0.2) is 4.79 Å². The molecule has 14 atom stereocenters. The molecule has 30 heteroatoms. The number of nitrogens with zero attached hydrogens (tertiary/aromatic N) is 1. The van der Waals surface area contributed by atoms with Crippen LogP contribution in [0.4, 0.5) is 4.79 Å². The number of aromatic hydroxyl groups is 3. The van der Waals surface area contributed by atoms with Crippen LogP contribution in [0.1, 0.15) is 98.1 Å². The number of ether oxygens (including phenoxy) is 5. The van der Waals surface area contributed by atoms with E-state index >= 15 is 14.4 Å². The van der Waals surface area contributed by atoms with Crippen LogP contribution < -0.4 is 41.2 Å². The summed E-state index contributed by atoms with van der Waals surface area (Å²) in [6.07, 6.45) is -15.3. The Morgan fingerprint density at radius 1 is 0.747 bits per heavy atom. The normalized spacial score (nSPS) is 25.7. The van der Waals surface area contributed by atoms with Crippen molar-refractivity contribution in [2.75, 3.05) is 26.8 Å². The summed E-state index contributed by atoms with van der Waals surface area (Å²) in [4.78, 5) is 119. The molecule has 6 aliphatic heterocycles. The number of benzene rings is 5. The van der Waals surface area contributed by atoms with E-state index in [1.807, 2.05) is 0 Å². The van der Waals surface area contributed by atoms with Gasteiger partial charge in [0.1, 0.15) is 102 Å². The number of fused-ring (bicyclic) bond motifs is 15. The summed E-state index contributed by atoms with van der Waals surface area (Å²) in [6, 6.07) is 5.51. The Morgan fingerprint density at radius 2 is 1.38 bits per heavy atom. The number of amides is 5. The van der Waals surface area contributed by atoms with Crippen molar-refractivity contribution < 1.29 is 108 Å². The molecule has 15 N–H and O–H groups in total. The van der Waals surface area contributed by atoms with E-state index in [9.17, 15) is 69.9 Å². The Hall–Kier alpha value is -8.94. The van der Waals surface area contributed by atoms with E-state index in [-0.39, 0.29) is 79.4 Å². The van der Waals surface area contributed by atoms with Gasteiger partial charge in [0, 0.05) is 43.6 Å². The molecule has 28 nitrogen and oxygen atoms in total. The number of nitrogens with one attached hydrogen (secondary N) is 4. The number of hydrogen-bond donors (Lipinski definition) is 14. The average Bonchev–Trinajstić information content (AvgIpc) is 0.772. The lowest BCUT2D eigenvalue weighted by atomic mass is 9.84. The minimum Gasteiger partial charge on any atom is -0.508 e. The summed E-state index contributed by atoms with van der Waals surface area (Å²) in [5, 5.41) is 111. The molecule has 6 aliphatic rings. The number of Topliss-reactive ketones (excluding diaryl/α,β-unsaturated/α-hetero) is 3. The average molecular weight is 1360 g/mol. The third-order valence-electron chi connectivity index (χ3n) is 16.7. The van der Waals surface area contributed by atoms with Crippen molar-refractivity contribution in [2.45, 2.75) is 119 Å². The summed E-state index contributed by atoms with van der Waals surface area (Å²) in [7, 11) is 1.29. The maximum absolute atomic E-state index is 15.9. The first-order chi connectivity index (χ1) is 45.0. The highest BCUT2D eigenvalue weighted by Crippen LogP contribution is 2.50. The molecule has 6 heterocycles. The van der Waals surface area contributed by atoms with Crippen molar-refractivity contribution in [3.8, 4) is 57.1 Å². The van der Waals surface area contributed by atoms with Crippen molar-refractivity contribution in [3.05, 3.63) is 129 Å². The number of nitrogens with two attached hydrogens (primary N) is 1. The molecule has 1 saturated heterocycles. The van der Waals surface area contributed by atoms with Crippen molar-refractivity contribution in [1.29, 1.82) is 0 Å². The maximum atomic E-state index is 15.9. The van der Waals surface area contributed by atoms with Gasteiger partial charge in [-0.3, -0.25) is 38.5 Å². The quantitative estimate of drug-likeness (QED) is 0.0795. The molecule has 95 heavy (non-hydrogen) atoms. The largest absolute Gasteiger partial charge is 0.508 e. The van der Waals surface area contributed by atoms with Gasteiger partial charge in [0.25, 0.3) is 0 Å². The summed E-state index contributed by atoms with van der Waals surface area (Å²) in [5.41, 5.74) is 4.65. The lowest BCUT2D eigenvalue weighted by Crippen LogP contribution is -2.60. The molecule has 1 fully saturated rings. The van der Waals surface area contributed by atoms with Crippen molar-refractivity contribution in [2.24, 2.45) is 17.6 Å². The second-order valence-corrected chi connectivity index (χ2v) is 24.6. The van der Waals surface area contributed by atoms with Crippen LogP contribution >= 0.6 is 23.2 Å². The van der Waals surface area contributed by atoms with Gasteiger partial charge in [-0.2, -0.15) is 0 Å². The number of carbonyl (C=O) groups excluding carboxylic acids is 8. The molecule has 0 aromatic heterocycles. The summed E-state index contributed by atoms with van der Waals surface area (Å²) in [5.74, 6) is -15.4. The third-order valence-corrected chi connectivity index (χ3v) is 17.3. The molecule has 0 aliphatic carbocycles. The van der Waals surface area contributed by atoms with Gasteiger partial charge < -0.3 is 96.6 Å². The molecule has 5 amide bonds. The molecule has 0 radical (unpaired) electrons. The topological polar surface area (TPSA) is 442 Å². The smallest absolute Gasteiger partial charge is 0.410 e. The van der Waals surface area contributed by atoms with Gasteiger partial charge in [-0.1, -0.05) is 67.9 Å². The van der Waals surface area contributed by atoms with E-state index in [1.165, 1.54) is 49.5 Å². The van der Waals surface area contributed by atoms with Gasteiger partial charge in [0.05, 0.1) is 28.5 Å². The summed E-state index contributed by atoms with van der Waals surface area (Å²) in [6.45, 7) is 6.30. The summed E-state index contributed by atoms with van der Waals surface area (Å²) >= 11 is 14.0. The number of rotatable bonds is 12. The van der Waals surface area contributed by atoms with Crippen molar-refractivity contribution in [3.63, 3.8) is 0 Å². The lowest BCUT2D eigenvalue weighted by Gasteiger charge is -2.39. The van der Waals surface area contributed by atoms with E-state index < -0.39 is 193 Å². The van der Waals surface area contributed by atoms with Crippen LogP contribution in [0, 0.1) is 11.8 Å². The number of likely N-dealkylation sites (N-methyl/N-ethyl adjacent to an activating group) is 1. The Bertz CT molecular complexity index is 3850. The zero-order valence-corrected chi connectivity index (χ0v) is 52.8. The van der Waals surface area contributed by atoms with Gasteiger partial charge in [0.2, 0.25) is 35.7 Å². The molecule has 506 valence electrons. The Morgan fingerprint density at radius 3 is 1.97 bits per heavy atom. The van der Waals surface area contributed by atoms with Crippen LogP contribution in [0.3, 0.4) is 0 Å². The minimum atomic E-state index is -2.12. The number of aliphatic hydroxyl groups excluding tert-OH is 6. The second kappa shape index (κ2) is 29.4. The van der Waals surface area contributed by atoms with Gasteiger partial charge in [-0.15, -0.1) is 0 Å². The molecular weight excluding hydrogens is 1290 g/mol. The van der Waals surface area contributed by atoms with Crippen LogP contribution in [0.15, 0.2) is 91.5 Å². The fourth-order valence-electron chi connectivity index (χ4n) is 11.6. The number of phenols is 3. The molecule has 5 unspecified atom stereocenters. The van der Waals surface area contributed by atoms with E-state index in [4.69, 9.17) is 52.6 Å². The zero-order valence-electron chi connectivity index (χ0n) is 51.3. The molecule has 11 rings (SSSR count). The first kappa shape index (κ1) is 70.4. The van der Waals surface area contributed by atoms with Crippen molar-refractivity contribution in [1.82, 2.24) is 26.2 Å². The van der Waals surface area contributed by atoms with Crippen LogP contribution in [-0.2, 0) is 43.0 Å². The standard InChI is InChI=1S/C65H70Cl2N6O22/c1-6-13-91-65(90)73(5)39(14-26(2)3)62(88)71-52-42(79)18-32(24-68)60(86)70-51-31-19-46(92-44-11-8-29(54(52)81)16-37(44)66)59(95-64-58(85)57(84)56(83)48(25-74)94-64)47(20-31)93-45-12-9-30(17-38(45)67)55(82)53-63(89)69-50(27(4)75)36-21-33(76)22-41(78)49(36)35-15-28(7-10-40(35)77)34(23-43(51)80)61(87)72-53/h6-12,15-17,19-22,26,32,34,39,48,50-58,64,74,76-78,81-85H,1,13-14,18,23-25,68H2,2-5H3,(H,69,89)(H,70,86)(H,71,88)(H,72,87)/t32-,34+,39+,48?,50+,51+,52-,53+,54+,55+,56?,57?,58?,64?/m0/s1. The van der Waals surface area contributed by atoms with Crippen LogP contribution in [-0.4, -0.2) is 174 Å². The first-order valence-corrected chi connectivity index (χ1v) is 30.6. The number of aliphatic hydroxyl groups is 6. The molecule has 0 saturated carbocycles. The van der Waals surface area contributed by atoms with Crippen molar-refractivity contribution >= 4 is 70.3 Å². The van der Waals surface area contributed by atoms with E-state index in [1.54, 1.807) is 13.8 Å². The fraction of sp³-hybridized carbons (Fsp3) is 0.385. The number of halogens is 2. The SMILES string of the molecule is C=CCOC(=O)N(C)[C@H](CC(C)C)C(=O)N[C@H]1C(=O)C[C@@H](CN)C(=O)N[C@H]2C(=O)C[C@H]3C(=O)N[C@@H](C(=O)N[C@H](C(C)=O)c4cc(O)cc(O)c4-c4cc3ccc4O)[C@H](O)c3ccc(c(Cl)c3)Oc3cc2cc(c3OC2OC(CO)C(O)C(O)C2O)Oc2ccc(cc2Cl)[C@H]1O. The Kier molecular flexibility index (Phi) is 21.8. The minimum absolute atomic E-state index is 0.0106. The maximum Gasteiger partial charge on any atom is 0.410 e. The highest BCUT2D eigenvalue weighted by molar-refractivity contribution is 6.32. The van der Waals surface area contributed by atoms with Gasteiger partial charge in [0.15, 0.2) is 28.8 Å². The lowest BCUT2D eigenvalue weighted by molar-refractivity contribution is -0.277. The van der Waals surface area contributed by atoms with Gasteiger partial charge in [-0.05, 0) is 102 Å². The van der Waals surface area contributed by atoms with Crippen LogP contribution in [0.5, 0.6) is 46.0 Å². The molecular formula is C65H70Cl2N6O22. The van der Waals surface area contributed by atoms with E-state index in [0.717, 1.165) is 54.3 Å². The Labute approximate surface area is 552 Å². The number of phenolic OH excluding ortho intramolecular Hbond substituents is 3. The predicted octanol–water partition coefficient (Wildman–Crippen LogP) is 3.47. The summed E-state index contributed by atoms with van der Waals surface area (Å²) < 4.78 is 30.3. The number of carbonyl (C=O) groups is 8. The highest BCUT2D eigenvalue weighted by Gasteiger charge is 2.47. The van der Waals surface area contributed by atoms with Crippen LogP contribution in [0.25, 0.3) is 11.1 Å². The monoisotopic (exact) mass is 1360 g/mol. The second-order valence-electron chi connectivity index (χ2n) is 23.8. The van der Waals surface area contributed by atoms with Gasteiger partial charge >= 0.3 is 6.09 Å². The Balaban J connectivity index is 1.28. The third kappa shape index (κ3) is 15.0. The van der Waals surface area contributed by atoms with Crippen LogP contribution in [0.2, 0.25) is 10.0 Å². The molecule has 5 aromatic rings. The molecule has 5 aromatic carbocycles. The number of ketones is 3. The first-order valence-electron chi connectivity index (χ1n) is 29.9. The fourth-order valence-corrected chi connectivity index (χ4v) is 12.0. The highest BCUT2D eigenvalue weighted by atomic mass is 35.5. The number of hydrogen-bond acceptors (Lipinski definition) is 23.